The first-order valence-corrected chi connectivity index (χ1v) is 13.5. The number of benzene rings is 2. The topological polar surface area (TPSA) is 65.5 Å². The molecule has 3 aromatic rings. The van der Waals surface area contributed by atoms with Crippen LogP contribution in [-0.4, -0.2) is 42.3 Å². The number of hydrogen-bond donors (Lipinski definition) is 1. The molecule has 1 aliphatic rings. The zero-order chi connectivity index (χ0) is 27.6. The molecular weight excluding hydrogens is 496 g/mol. The average molecular weight is 533 g/mol. The van der Waals surface area contributed by atoms with Crippen LogP contribution in [0.4, 0.5) is 11.4 Å². The highest BCUT2D eigenvalue weighted by molar-refractivity contribution is 6.30. The van der Waals surface area contributed by atoms with E-state index in [1.54, 1.807) is 6.07 Å². The molecule has 2 atom stereocenters. The summed E-state index contributed by atoms with van der Waals surface area (Å²) in [5, 5.41) is 3.64. The van der Waals surface area contributed by atoms with Gasteiger partial charge < -0.3 is 15.1 Å². The number of pyridine rings is 1. The Bertz CT molecular complexity index is 1310. The number of nitrogens with one attached hydrogen (secondary N) is 1. The second-order valence-electron chi connectivity index (χ2n) is 11.3. The quantitative estimate of drug-likeness (QED) is 0.400. The lowest BCUT2D eigenvalue weighted by Crippen LogP contribution is -2.46. The zero-order valence-electron chi connectivity index (χ0n) is 23.1. The van der Waals surface area contributed by atoms with Crippen LogP contribution < -0.4 is 10.2 Å². The molecule has 2 aromatic carbocycles. The van der Waals surface area contributed by atoms with Crippen LogP contribution in [0.2, 0.25) is 5.02 Å². The summed E-state index contributed by atoms with van der Waals surface area (Å²) in [4.78, 5) is 35.9. The molecule has 6 nitrogen and oxygen atoms in total. The monoisotopic (exact) mass is 532 g/mol. The van der Waals surface area contributed by atoms with Gasteiger partial charge >= 0.3 is 0 Å². The first-order valence-electron chi connectivity index (χ1n) is 13.1. The minimum absolute atomic E-state index is 0.0328. The van der Waals surface area contributed by atoms with Gasteiger partial charge in [-0.25, -0.2) is 4.98 Å². The Morgan fingerprint density at radius 2 is 1.79 bits per heavy atom. The molecule has 1 N–H and O–H groups in total. The fourth-order valence-electron chi connectivity index (χ4n) is 5.08. The summed E-state index contributed by atoms with van der Waals surface area (Å²) in [6, 6.07) is 17.4. The van der Waals surface area contributed by atoms with Gasteiger partial charge in [-0.1, -0.05) is 56.6 Å². The minimum Gasteiger partial charge on any atom is -0.378 e. The first kappa shape index (κ1) is 27.6. The molecule has 1 unspecified atom stereocenters. The van der Waals surface area contributed by atoms with Crippen molar-refractivity contribution in [1.82, 2.24) is 9.88 Å². The number of anilines is 2. The number of halogens is 1. The number of nitrogens with zero attached hydrogens (tertiary/aromatic N) is 3. The predicted molar refractivity (Wildman–Crippen MR) is 155 cm³/mol. The molecule has 0 saturated carbocycles. The number of hydrogen-bond acceptors (Lipinski definition) is 4. The number of piperidine rings is 1. The van der Waals surface area contributed by atoms with Crippen LogP contribution in [0.25, 0.3) is 0 Å². The van der Waals surface area contributed by atoms with E-state index in [9.17, 15) is 9.59 Å². The lowest BCUT2D eigenvalue weighted by atomic mass is 9.83. The average Bonchev–Trinajstić information content (AvgIpc) is 2.87. The number of aromatic nitrogens is 1. The highest BCUT2D eigenvalue weighted by atomic mass is 35.5. The Labute approximate surface area is 231 Å². The van der Waals surface area contributed by atoms with Crippen LogP contribution >= 0.6 is 11.6 Å². The maximum atomic E-state index is 13.9. The molecule has 0 radical (unpaired) electrons. The number of aryl methyl sites for hydroxylation is 1. The largest absolute Gasteiger partial charge is 0.378 e. The van der Waals surface area contributed by atoms with E-state index in [0.717, 1.165) is 34.5 Å². The van der Waals surface area contributed by atoms with E-state index in [-0.39, 0.29) is 17.2 Å². The molecule has 0 spiro atoms. The van der Waals surface area contributed by atoms with Crippen LogP contribution in [0.1, 0.15) is 66.8 Å². The van der Waals surface area contributed by atoms with E-state index in [1.807, 2.05) is 73.3 Å². The van der Waals surface area contributed by atoms with Crippen LogP contribution in [0.3, 0.4) is 0 Å². The van der Waals surface area contributed by atoms with E-state index in [4.69, 9.17) is 11.6 Å². The van der Waals surface area contributed by atoms with Crippen molar-refractivity contribution in [2.75, 3.05) is 30.9 Å². The van der Waals surface area contributed by atoms with Crippen LogP contribution in [-0.2, 0) is 10.2 Å². The summed E-state index contributed by atoms with van der Waals surface area (Å²) >= 11 is 6.11. The van der Waals surface area contributed by atoms with Crippen LogP contribution in [0.15, 0.2) is 60.8 Å². The van der Waals surface area contributed by atoms with Crippen LogP contribution in [0, 0.1) is 12.8 Å². The normalized spacial score (nSPS) is 17.7. The summed E-state index contributed by atoms with van der Waals surface area (Å²) in [6.07, 6.45) is 2.91. The van der Waals surface area contributed by atoms with Gasteiger partial charge in [0, 0.05) is 38.2 Å². The van der Waals surface area contributed by atoms with E-state index in [1.165, 1.54) is 6.20 Å². The third-order valence-corrected chi connectivity index (χ3v) is 7.43. The van der Waals surface area contributed by atoms with Crippen molar-refractivity contribution in [1.29, 1.82) is 0 Å². The van der Waals surface area contributed by atoms with Crippen molar-refractivity contribution in [2.24, 2.45) is 5.92 Å². The van der Waals surface area contributed by atoms with E-state index in [2.05, 4.69) is 37.1 Å². The first-order chi connectivity index (χ1) is 18.0. The summed E-state index contributed by atoms with van der Waals surface area (Å²) in [5.74, 6) is -0.687. The maximum absolute atomic E-state index is 13.9. The second kappa shape index (κ2) is 11.2. The second-order valence-corrected chi connectivity index (χ2v) is 11.8. The van der Waals surface area contributed by atoms with Gasteiger partial charge in [0.25, 0.3) is 5.91 Å². The third kappa shape index (κ3) is 6.02. The van der Waals surface area contributed by atoms with Crippen molar-refractivity contribution >= 4 is 34.8 Å². The van der Waals surface area contributed by atoms with Gasteiger partial charge in [-0.3, -0.25) is 9.59 Å². The molecule has 1 aliphatic heterocycles. The molecular formula is C31H37ClN4O2. The van der Waals surface area contributed by atoms with Gasteiger partial charge in [0.1, 0.15) is 5.69 Å². The number of likely N-dealkylation sites (tertiary alicyclic amines) is 1. The van der Waals surface area contributed by atoms with Crippen molar-refractivity contribution in [3.8, 4) is 0 Å². The number of carbonyl (C=O) groups excluding carboxylic acids is 2. The molecule has 1 saturated heterocycles. The van der Waals surface area contributed by atoms with E-state index >= 15 is 0 Å². The fourth-order valence-corrected chi connectivity index (χ4v) is 5.29. The number of amides is 2. The van der Waals surface area contributed by atoms with Gasteiger partial charge in [0.2, 0.25) is 5.91 Å². The molecule has 1 fully saturated rings. The van der Waals surface area contributed by atoms with Crippen molar-refractivity contribution in [2.45, 2.75) is 52.0 Å². The van der Waals surface area contributed by atoms with Crippen LogP contribution in [0.5, 0.6) is 0 Å². The Kier molecular flexibility index (Phi) is 8.12. The Morgan fingerprint density at radius 1 is 1.08 bits per heavy atom. The molecule has 2 heterocycles. The van der Waals surface area contributed by atoms with Gasteiger partial charge in [-0.2, -0.15) is 0 Å². The zero-order valence-corrected chi connectivity index (χ0v) is 23.8. The molecule has 2 amide bonds. The van der Waals surface area contributed by atoms with Gasteiger partial charge in [0.05, 0.1) is 17.0 Å². The van der Waals surface area contributed by atoms with Crippen molar-refractivity contribution in [3.63, 3.8) is 0 Å². The summed E-state index contributed by atoms with van der Waals surface area (Å²) in [5.41, 5.74) is 4.95. The minimum atomic E-state index is -0.421. The van der Waals surface area contributed by atoms with Crippen molar-refractivity contribution in [3.05, 3.63) is 88.2 Å². The highest BCUT2D eigenvalue weighted by Gasteiger charge is 2.40. The third-order valence-electron chi connectivity index (χ3n) is 7.22. The lowest BCUT2D eigenvalue weighted by molar-refractivity contribution is -0.123. The van der Waals surface area contributed by atoms with Gasteiger partial charge in [0.15, 0.2) is 0 Å². The summed E-state index contributed by atoms with van der Waals surface area (Å²) < 4.78 is 0. The lowest BCUT2D eigenvalue weighted by Gasteiger charge is -2.41. The molecule has 1 aromatic heterocycles. The summed E-state index contributed by atoms with van der Waals surface area (Å²) in [6.45, 7) is 8.84. The Balaban J connectivity index is 1.70. The molecule has 0 aliphatic carbocycles. The van der Waals surface area contributed by atoms with E-state index in [0.29, 0.717) is 23.7 Å². The van der Waals surface area contributed by atoms with Crippen molar-refractivity contribution < 1.29 is 9.59 Å². The van der Waals surface area contributed by atoms with Gasteiger partial charge in [-0.15, -0.1) is 0 Å². The molecule has 7 heteroatoms. The predicted octanol–water partition coefficient (Wildman–Crippen LogP) is 6.64. The van der Waals surface area contributed by atoms with E-state index < -0.39 is 12.0 Å². The molecule has 200 valence electrons. The smallest absolute Gasteiger partial charge is 0.273 e. The molecule has 0 bridgehead atoms. The highest BCUT2D eigenvalue weighted by Crippen LogP contribution is 2.39. The van der Waals surface area contributed by atoms with Gasteiger partial charge in [-0.05, 0) is 72.2 Å². The Hall–Kier alpha value is -3.38. The molecule has 38 heavy (non-hydrogen) atoms. The summed E-state index contributed by atoms with van der Waals surface area (Å²) in [7, 11) is 3.98. The number of carbonyl (C=O) groups is 2. The molecule has 4 rings (SSSR count). The standard InChI is InChI=1S/C31H37ClN4O2/c1-20-17-23(32)19-33-27(20)30(38)36-16-8-11-26(28(36)21-12-14-25(15-13-21)35(5)6)29(37)34-24-10-7-9-22(18-24)31(2,3)4/h7,9-10,12-15,17-19,26,28H,8,11,16H2,1-6H3,(H,34,37)/t26?,28-/m0/s1. The maximum Gasteiger partial charge on any atom is 0.273 e. The fraction of sp³-hybridized carbons (Fsp3) is 0.387. The Morgan fingerprint density at radius 3 is 2.42 bits per heavy atom. The SMILES string of the molecule is Cc1cc(Cl)cnc1C(=O)N1CCCC(C(=O)Nc2cccc(C(C)(C)C)c2)[C@@H]1c1ccc(N(C)C)cc1. The number of rotatable bonds is 5.